The van der Waals surface area contributed by atoms with Crippen LogP contribution in [0.2, 0.25) is 0 Å². The van der Waals surface area contributed by atoms with Gasteiger partial charge in [0.1, 0.15) is 0 Å². The molecule has 1 aromatic rings. The van der Waals surface area contributed by atoms with Crippen LogP contribution in [-0.4, -0.2) is 43.3 Å². The predicted octanol–water partition coefficient (Wildman–Crippen LogP) is 0.532. The van der Waals surface area contributed by atoms with E-state index in [4.69, 9.17) is 4.55 Å². The third-order valence-corrected chi connectivity index (χ3v) is 4.92. The lowest BCUT2D eigenvalue weighted by atomic mass is 9.79. The molecule has 4 rings (SSSR count). The molecule has 0 radical (unpaired) electrons. The molecule has 0 aliphatic carbocycles. The van der Waals surface area contributed by atoms with Gasteiger partial charge in [0, 0.05) is 19.1 Å². The van der Waals surface area contributed by atoms with E-state index >= 15 is 0 Å². The minimum atomic E-state index is -4.03. The summed E-state index contributed by atoms with van der Waals surface area (Å²) in [4.78, 5) is 2.34. The van der Waals surface area contributed by atoms with Gasteiger partial charge in [-0.3, -0.25) is 9.87 Å². The highest BCUT2D eigenvalue weighted by molar-refractivity contribution is 7.85. The lowest BCUT2D eigenvalue weighted by molar-refractivity contribution is -0.0507. The normalized spacial score (nSPS) is 29.2. The number of benzene rings is 1. The average molecular weight is 309 g/mol. The van der Waals surface area contributed by atoms with Crippen molar-refractivity contribution in [3.8, 4) is 0 Å². The number of rotatable bonds is 1. The number of hydrogen-bond donors (Lipinski definition) is 3. The zero-order valence-electron chi connectivity index (χ0n) is 11.7. The van der Waals surface area contributed by atoms with Crippen molar-refractivity contribution in [2.45, 2.75) is 24.0 Å². The number of fused-ring (bicyclic) bond motifs is 4. The van der Waals surface area contributed by atoms with Gasteiger partial charge >= 0.3 is 0 Å². The summed E-state index contributed by atoms with van der Waals surface area (Å²) >= 11 is 0. The van der Waals surface area contributed by atoms with E-state index in [9.17, 15) is 8.42 Å². The van der Waals surface area contributed by atoms with Crippen LogP contribution in [-0.2, 0) is 10.1 Å². The highest BCUT2D eigenvalue weighted by atomic mass is 32.2. The molecule has 2 fully saturated rings. The van der Waals surface area contributed by atoms with Crippen LogP contribution >= 0.6 is 0 Å². The summed E-state index contributed by atoms with van der Waals surface area (Å²) in [5.74, 6) is 0.832. The number of aryl methyl sites for hydroxylation is 1. The van der Waals surface area contributed by atoms with Crippen LogP contribution in [0, 0.1) is 12.8 Å². The Morgan fingerprint density at radius 1 is 1.38 bits per heavy atom. The summed E-state index contributed by atoms with van der Waals surface area (Å²) in [5.41, 5.74) is 0.806. The first kappa shape index (κ1) is 14.5. The van der Waals surface area contributed by atoms with Gasteiger partial charge in [0.05, 0.1) is 17.1 Å². The lowest BCUT2D eigenvalue weighted by Gasteiger charge is -2.60. The molecule has 0 bridgehead atoms. The predicted molar refractivity (Wildman–Crippen MR) is 79.0 cm³/mol. The van der Waals surface area contributed by atoms with Gasteiger partial charge in [0.25, 0.3) is 10.1 Å². The maximum atomic E-state index is 10.5. The Bertz CT molecular complexity index is 639. The van der Waals surface area contributed by atoms with Gasteiger partial charge in [-0.25, -0.2) is 0 Å². The highest BCUT2D eigenvalue weighted by Gasteiger charge is 2.50. The molecular formula is C14H19N3O3S. The second-order valence-electron chi connectivity index (χ2n) is 5.51. The van der Waals surface area contributed by atoms with Crippen molar-refractivity contribution in [3.05, 3.63) is 42.1 Å². The van der Waals surface area contributed by atoms with Gasteiger partial charge in [-0.15, -0.1) is 0 Å². The molecule has 3 heterocycles. The molecule has 7 heteroatoms. The summed E-state index contributed by atoms with van der Waals surface area (Å²) in [7, 11) is -4.03. The summed E-state index contributed by atoms with van der Waals surface area (Å²) < 4.78 is 29.7. The minimum Gasteiger partial charge on any atom is -0.355 e. The highest BCUT2D eigenvalue weighted by Crippen LogP contribution is 2.38. The molecule has 21 heavy (non-hydrogen) atoms. The van der Waals surface area contributed by atoms with Crippen molar-refractivity contribution in [2.24, 2.45) is 5.92 Å². The maximum Gasteiger partial charge on any atom is 0.294 e. The summed E-state index contributed by atoms with van der Waals surface area (Å²) in [6, 6.07) is 6.86. The van der Waals surface area contributed by atoms with E-state index in [0.717, 1.165) is 24.2 Å². The molecule has 6 nitrogen and oxygen atoms in total. The smallest absolute Gasteiger partial charge is 0.294 e. The standard InChI is InChI=1S/C7H11N3.C7H8O3S/c1-2-10-6(1)5-3-8-4-9-7(5)10;1-6-3-2-4-7(5-6)11(8,9)10/h1-2,5-9H,3-4H2;2-5H,1H3,(H,8,9,10). The van der Waals surface area contributed by atoms with Crippen molar-refractivity contribution in [3.63, 3.8) is 0 Å². The molecule has 0 spiro atoms. The summed E-state index contributed by atoms with van der Waals surface area (Å²) in [6.07, 6.45) is 5.12. The topological polar surface area (TPSA) is 81.7 Å². The van der Waals surface area contributed by atoms with Gasteiger partial charge in [0.2, 0.25) is 0 Å². The minimum absolute atomic E-state index is 0.0579. The number of hydrogen-bond acceptors (Lipinski definition) is 5. The molecule has 2 saturated heterocycles. The van der Waals surface area contributed by atoms with Crippen molar-refractivity contribution < 1.29 is 13.0 Å². The Balaban J connectivity index is 0.000000126. The monoisotopic (exact) mass is 309 g/mol. The summed E-state index contributed by atoms with van der Waals surface area (Å²) in [5, 5.41) is 6.74. The van der Waals surface area contributed by atoms with E-state index in [1.807, 2.05) is 0 Å². The number of nitrogens with zero attached hydrogens (tertiary/aromatic N) is 1. The van der Waals surface area contributed by atoms with E-state index in [0.29, 0.717) is 6.17 Å². The molecule has 3 N–H and O–H groups in total. The molecule has 114 valence electrons. The first-order valence-electron chi connectivity index (χ1n) is 6.91. The second kappa shape index (κ2) is 5.42. The van der Waals surface area contributed by atoms with Crippen molar-refractivity contribution in [1.29, 1.82) is 0 Å². The SMILES string of the molecule is C1=CN2C1C1CNCNC12.Cc1cccc(S(=O)(=O)O)c1. The van der Waals surface area contributed by atoms with Crippen LogP contribution in [0.5, 0.6) is 0 Å². The average Bonchev–Trinajstić information content (AvgIpc) is 2.39. The molecule has 1 aromatic carbocycles. The zero-order valence-corrected chi connectivity index (χ0v) is 12.5. The quantitative estimate of drug-likeness (QED) is 0.657. The molecule has 0 amide bonds. The largest absolute Gasteiger partial charge is 0.355 e. The third kappa shape index (κ3) is 2.82. The maximum absolute atomic E-state index is 10.5. The van der Waals surface area contributed by atoms with Crippen LogP contribution < -0.4 is 10.6 Å². The molecule has 3 aliphatic rings. The molecular weight excluding hydrogens is 290 g/mol. The van der Waals surface area contributed by atoms with Gasteiger partial charge in [-0.2, -0.15) is 8.42 Å². The third-order valence-electron chi connectivity index (χ3n) is 4.07. The van der Waals surface area contributed by atoms with E-state index in [1.165, 1.54) is 18.7 Å². The molecule has 0 saturated carbocycles. The Labute approximate surface area is 124 Å². The van der Waals surface area contributed by atoms with Gasteiger partial charge in [0.15, 0.2) is 0 Å². The van der Waals surface area contributed by atoms with Crippen molar-refractivity contribution in [2.75, 3.05) is 13.2 Å². The Kier molecular flexibility index (Phi) is 3.75. The fourth-order valence-corrected chi connectivity index (χ4v) is 3.50. The van der Waals surface area contributed by atoms with Crippen LogP contribution in [0.1, 0.15) is 5.56 Å². The number of nitrogens with one attached hydrogen (secondary N) is 2. The van der Waals surface area contributed by atoms with Crippen molar-refractivity contribution in [1.82, 2.24) is 15.5 Å². The Morgan fingerprint density at radius 3 is 2.71 bits per heavy atom. The van der Waals surface area contributed by atoms with Gasteiger partial charge in [-0.05, 0) is 36.9 Å². The van der Waals surface area contributed by atoms with E-state index in [1.54, 1.807) is 19.1 Å². The molecule has 0 aromatic heterocycles. The molecule has 3 atom stereocenters. The first-order valence-corrected chi connectivity index (χ1v) is 8.35. The van der Waals surface area contributed by atoms with Crippen LogP contribution in [0.25, 0.3) is 0 Å². The zero-order chi connectivity index (χ0) is 15.0. The second-order valence-corrected chi connectivity index (χ2v) is 6.94. The van der Waals surface area contributed by atoms with Gasteiger partial charge < -0.3 is 10.2 Å². The van der Waals surface area contributed by atoms with E-state index < -0.39 is 10.1 Å². The van der Waals surface area contributed by atoms with Crippen LogP contribution in [0.4, 0.5) is 0 Å². The molecule has 3 aliphatic heterocycles. The molecule has 3 unspecified atom stereocenters. The fourth-order valence-electron chi connectivity index (χ4n) is 2.91. The van der Waals surface area contributed by atoms with Crippen LogP contribution in [0.15, 0.2) is 41.4 Å². The van der Waals surface area contributed by atoms with Crippen molar-refractivity contribution >= 4 is 10.1 Å². The van der Waals surface area contributed by atoms with Gasteiger partial charge in [-0.1, -0.05) is 12.1 Å². The van der Waals surface area contributed by atoms with E-state index in [-0.39, 0.29) is 4.90 Å². The fraction of sp³-hybridized carbons (Fsp3) is 0.429. The first-order chi connectivity index (χ1) is 9.97. The Morgan fingerprint density at radius 2 is 2.19 bits per heavy atom. The Hall–Kier alpha value is -1.41. The van der Waals surface area contributed by atoms with Crippen LogP contribution in [0.3, 0.4) is 0 Å². The lowest BCUT2D eigenvalue weighted by Crippen LogP contribution is -2.75. The summed E-state index contributed by atoms with van der Waals surface area (Å²) in [6.45, 7) is 3.91. The van der Waals surface area contributed by atoms with E-state index in [2.05, 4.69) is 27.8 Å².